The van der Waals surface area contributed by atoms with Crippen molar-refractivity contribution in [2.45, 2.75) is 25.5 Å². The Morgan fingerprint density at radius 2 is 2.03 bits per heavy atom. The van der Waals surface area contributed by atoms with Crippen LogP contribution in [0.1, 0.15) is 39.9 Å². The maximum Gasteiger partial charge on any atom is 0.408 e. The van der Waals surface area contributed by atoms with Crippen molar-refractivity contribution in [3.05, 3.63) is 65.3 Å². The molecule has 1 aromatic carbocycles. The largest absolute Gasteiger partial charge is 0.441 e. The zero-order valence-electron chi connectivity index (χ0n) is 16.6. The number of amides is 2. The number of carbonyl (C=O) groups excluding carboxylic acids is 2. The molecule has 2 N–H and O–H groups in total. The predicted molar refractivity (Wildman–Crippen MR) is 105 cm³/mol. The number of aromatic nitrogens is 4. The molecule has 2 aromatic heterocycles. The van der Waals surface area contributed by atoms with E-state index in [1.165, 1.54) is 35.3 Å². The Morgan fingerprint density at radius 3 is 2.73 bits per heavy atom. The highest BCUT2D eigenvalue weighted by Gasteiger charge is 2.31. The summed E-state index contributed by atoms with van der Waals surface area (Å²) in [4.78, 5) is 29.0. The van der Waals surface area contributed by atoms with E-state index < -0.39 is 6.09 Å². The maximum absolute atomic E-state index is 13.1. The van der Waals surface area contributed by atoms with E-state index in [9.17, 15) is 14.0 Å². The van der Waals surface area contributed by atoms with Crippen molar-refractivity contribution in [3.63, 3.8) is 0 Å². The number of anilines is 1. The molecule has 1 aliphatic carbocycles. The van der Waals surface area contributed by atoms with Crippen molar-refractivity contribution in [2.24, 2.45) is 14.1 Å². The van der Waals surface area contributed by atoms with Gasteiger partial charge in [-0.2, -0.15) is 5.10 Å². The molecule has 2 heterocycles. The van der Waals surface area contributed by atoms with Gasteiger partial charge in [0.15, 0.2) is 12.4 Å². The first-order chi connectivity index (χ1) is 14.4. The van der Waals surface area contributed by atoms with Gasteiger partial charge in [0.05, 0.1) is 6.04 Å². The van der Waals surface area contributed by atoms with Gasteiger partial charge in [-0.25, -0.2) is 14.2 Å². The number of aryl methyl sites for hydroxylation is 2. The van der Waals surface area contributed by atoms with E-state index in [-0.39, 0.29) is 24.4 Å². The van der Waals surface area contributed by atoms with Crippen molar-refractivity contribution in [2.75, 3.05) is 5.32 Å². The average molecular weight is 412 g/mol. The zero-order valence-corrected chi connectivity index (χ0v) is 16.6. The van der Waals surface area contributed by atoms with Gasteiger partial charge in [-0.15, -0.1) is 0 Å². The number of hydrogen-bond acceptors (Lipinski definition) is 5. The molecule has 0 aliphatic heterocycles. The van der Waals surface area contributed by atoms with Gasteiger partial charge >= 0.3 is 6.09 Å². The molecule has 0 fully saturated rings. The maximum atomic E-state index is 13.1. The van der Waals surface area contributed by atoms with Crippen LogP contribution in [0.3, 0.4) is 0 Å². The number of ether oxygens (including phenoxy) is 1. The summed E-state index contributed by atoms with van der Waals surface area (Å²) in [5.74, 6) is -0.235. The summed E-state index contributed by atoms with van der Waals surface area (Å²) < 4.78 is 21.5. The molecule has 3 aromatic rings. The van der Waals surface area contributed by atoms with Crippen LogP contribution in [0, 0.1) is 5.82 Å². The lowest BCUT2D eigenvalue weighted by atomic mass is 10.1. The molecule has 1 aliphatic rings. The first kappa shape index (κ1) is 19.6. The van der Waals surface area contributed by atoms with Crippen molar-refractivity contribution in [3.8, 4) is 0 Å². The van der Waals surface area contributed by atoms with Gasteiger partial charge in [0.1, 0.15) is 17.8 Å². The SMILES string of the molecule is Cn1cnc(COC(=O)NC2CCc3c2cn(C)c3C(=O)Nc2ccc(F)cc2)n1. The Kier molecular flexibility index (Phi) is 5.21. The second kappa shape index (κ2) is 7.97. The lowest BCUT2D eigenvalue weighted by molar-refractivity contribution is 0.101. The van der Waals surface area contributed by atoms with Gasteiger partial charge in [-0.05, 0) is 48.2 Å². The van der Waals surface area contributed by atoms with E-state index in [0.717, 1.165) is 11.1 Å². The van der Waals surface area contributed by atoms with Crippen molar-refractivity contribution in [1.82, 2.24) is 24.6 Å². The predicted octanol–water partition coefficient (Wildman–Crippen LogP) is 2.46. The first-order valence-electron chi connectivity index (χ1n) is 9.43. The molecule has 1 atom stereocenters. The highest BCUT2D eigenvalue weighted by molar-refractivity contribution is 6.04. The summed E-state index contributed by atoms with van der Waals surface area (Å²) in [6.45, 7) is -0.0215. The minimum absolute atomic E-state index is 0.0215. The summed E-state index contributed by atoms with van der Waals surface area (Å²) >= 11 is 0. The number of rotatable bonds is 5. The molecule has 9 nitrogen and oxygen atoms in total. The second-order valence-electron chi connectivity index (χ2n) is 7.13. The van der Waals surface area contributed by atoms with E-state index in [1.807, 2.05) is 6.20 Å². The number of halogens is 1. The Labute approximate surface area is 171 Å². The summed E-state index contributed by atoms with van der Waals surface area (Å²) in [6, 6.07) is 5.34. The summed E-state index contributed by atoms with van der Waals surface area (Å²) in [5, 5.41) is 9.68. The fraction of sp³-hybridized carbons (Fsp3) is 0.300. The van der Waals surface area contributed by atoms with Gasteiger partial charge in [-0.1, -0.05) is 0 Å². The molecule has 0 saturated carbocycles. The van der Waals surface area contributed by atoms with E-state index in [2.05, 4.69) is 20.7 Å². The van der Waals surface area contributed by atoms with Gasteiger partial charge in [-0.3, -0.25) is 9.48 Å². The normalized spacial score (nSPS) is 15.0. The number of benzene rings is 1. The third-order valence-corrected chi connectivity index (χ3v) is 4.97. The van der Waals surface area contributed by atoms with Crippen LogP contribution in [0.2, 0.25) is 0 Å². The number of alkyl carbamates (subject to hydrolysis) is 1. The molecule has 0 bridgehead atoms. The molecule has 0 spiro atoms. The molecule has 4 rings (SSSR count). The summed E-state index contributed by atoms with van der Waals surface area (Å²) in [7, 11) is 3.51. The zero-order chi connectivity index (χ0) is 21.3. The smallest absolute Gasteiger partial charge is 0.408 e. The lowest BCUT2D eigenvalue weighted by Crippen LogP contribution is -2.27. The minimum Gasteiger partial charge on any atom is -0.441 e. The van der Waals surface area contributed by atoms with Crippen LogP contribution in [0.5, 0.6) is 0 Å². The fourth-order valence-corrected chi connectivity index (χ4v) is 3.64. The number of nitrogens with one attached hydrogen (secondary N) is 2. The van der Waals surface area contributed by atoms with Gasteiger partial charge < -0.3 is 19.9 Å². The Bertz CT molecular complexity index is 1090. The fourth-order valence-electron chi connectivity index (χ4n) is 3.64. The van der Waals surface area contributed by atoms with Crippen LogP contribution in [0.15, 0.2) is 36.8 Å². The van der Waals surface area contributed by atoms with Crippen LogP contribution in [-0.4, -0.2) is 31.3 Å². The molecule has 1 unspecified atom stereocenters. The van der Waals surface area contributed by atoms with E-state index in [1.54, 1.807) is 18.7 Å². The molecule has 0 saturated heterocycles. The highest BCUT2D eigenvalue weighted by Crippen LogP contribution is 2.35. The molecule has 2 amide bonds. The first-order valence-corrected chi connectivity index (χ1v) is 9.43. The number of carbonyl (C=O) groups is 2. The van der Waals surface area contributed by atoms with E-state index >= 15 is 0 Å². The van der Waals surface area contributed by atoms with Crippen LogP contribution < -0.4 is 10.6 Å². The minimum atomic E-state index is -0.568. The van der Waals surface area contributed by atoms with Crippen LogP contribution in [-0.2, 0) is 31.9 Å². The van der Waals surface area contributed by atoms with Gasteiger partial charge in [0.25, 0.3) is 5.91 Å². The van der Waals surface area contributed by atoms with Crippen molar-refractivity contribution >= 4 is 17.7 Å². The topological polar surface area (TPSA) is 103 Å². The third kappa shape index (κ3) is 4.02. The third-order valence-electron chi connectivity index (χ3n) is 4.97. The Hall–Kier alpha value is -3.69. The quantitative estimate of drug-likeness (QED) is 0.670. The molecular weight excluding hydrogens is 391 g/mol. The monoisotopic (exact) mass is 412 g/mol. The molecule has 10 heteroatoms. The number of fused-ring (bicyclic) bond motifs is 1. The summed E-state index contributed by atoms with van der Waals surface area (Å²) in [6.07, 6.45) is 4.12. The van der Waals surface area contributed by atoms with Crippen LogP contribution in [0.4, 0.5) is 14.9 Å². The number of hydrogen-bond donors (Lipinski definition) is 2. The Morgan fingerprint density at radius 1 is 1.27 bits per heavy atom. The lowest BCUT2D eigenvalue weighted by Gasteiger charge is -2.12. The van der Waals surface area contributed by atoms with E-state index in [4.69, 9.17) is 4.74 Å². The molecule has 30 heavy (non-hydrogen) atoms. The standard InChI is InChI=1S/C20H21FN6O3/c1-26-9-15-14(18(26)19(28)23-13-5-3-12(21)4-6-13)7-8-16(15)24-20(29)30-10-17-22-11-27(2)25-17/h3-6,9,11,16H,7-8,10H2,1-2H3,(H,23,28)(H,24,29). The summed E-state index contributed by atoms with van der Waals surface area (Å²) in [5.41, 5.74) is 2.80. The number of nitrogens with zero attached hydrogens (tertiary/aromatic N) is 4. The van der Waals surface area contributed by atoms with Crippen molar-refractivity contribution < 1.29 is 18.7 Å². The Balaban J connectivity index is 1.42. The molecular formula is C20H21FN6O3. The highest BCUT2D eigenvalue weighted by atomic mass is 19.1. The van der Waals surface area contributed by atoms with Crippen LogP contribution in [0.25, 0.3) is 0 Å². The van der Waals surface area contributed by atoms with Crippen molar-refractivity contribution in [1.29, 1.82) is 0 Å². The average Bonchev–Trinajstić information content (AvgIpc) is 3.38. The van der Waals surface area contributed by atoms with E-state index in [0.29, 0.717) is 30.0 Å². The second-order valence-corrected chi connectivity index (χ2v) is 7.13. The molecule has 0 radical (unpaired) electrons. The van der Waals surface area contributed by atoms with Gasteiger partial charge in [0, 0.05) is 26.0 Å². The molecule has 156 valence electrons. The van der Waals surface area contributed by atoms with Crippen LogP contribution >= 0.6 is 0 Å². The van der Waals surface area contributed by atoms with Gasteiger partial charge in [0.2, 0.25) is 0 Å².